The van der Waals surface area contributed by atoms with Crippen molar-refractivity contribution in [3.05, 3.63) is 82.4 Å². The fourth-order valence-electron chi connectivity index (χ4n) is 2.52. The molecular weight excluding hydrogens is 292 g/mol. The van der Waals surface area contributed by atoms with E-state index in [1.807, 2.05) is 42.5 Å². The van der Waals surface area contributed by atoms with Gasteiger partial charge in [0.05, 0.1) is 11.0 Å². The van der Waals surface area contributed by atoms with Gasteiger partial charge in [-0.2, -0.15) is 0 Å². The van der Waals surface area contributed by atoms with E-state index in [1.165, 1.54) is 12.1 Å². The summed E-state index contributed by atoms with van der Waals surface area (Å²) in [7, 11) is 0. The maximum absolute atomic E-state index is 10.6. The van der Waals surface area contributed by atoms with Gasteiger partial charge in [-0.1, -0.05) is 36.4 Å². The van der Waals surface area contributed by atoms with Gasteiger partial charge in [-0.3, -0.25) is 10.1 Å². The molecule has 3 aromatic rings. The molecule has 0 aliphatic carbocycles. The predicted octanol–water partition coefficient (Wildman–Crippen LogP) is 3.89. The van der Waals surface area contributed by atoms with Crippen LogP contribution in [0.2, 0.25) is 0 Å². The number of aliphatic hydroxyl groups excluding tert-OH is 1. The van der Waals surface area contributed by atoms with Crippen molar-refractivity contribution in [3.63, 3.8) is 0 Å². The topological polar surface area (TPSA) is 75.4 Å². The van der Waals surface area contributed by atoms with Crippen molar-refractivity contribution >= 4 is 22.1 Å². The van der Waals surface area contributed by atoms with E-state index in [1.54, 1.807) is 12.1 Å². The van der Waals surface area contributed by atoms with E-state index in [0.717, 1.165) is 16.5 Å². The third-order valence-corrected chi connectivity index (χ3v) is 3.76. The van der Waals surface area contributed by atoms with Crippen LogP contribution in [0.25, 0.3) is 10.8 Å². The molecule has 0 fully saturated rings. The SMILES string of the molecule is O=[N+]([O-])c1ccc(C(O)CNc2cccc3ccccc23)cc1. The highest BCUT2D eigenvalue weighted by atomic mass is 16.6. The summed E-state index contributed by atoms with van der Waals surface area (Å²) in [4.78, 5) is 10.2. The minimum atomic E-state index is -0.741. The Hall–Kier alpha value is -2.92. The minimum absolute atomic E-state index is 0.0166. The van der Waals surface area contributed by atoms with Gasteiger partial charge in [0.1, 0.15) is 0 Å². The molecule has 0 aromatic heterocycles. The fraction of sp³-hybridized carbons (Fsp3) is 0.111. The number of hydrogen-bond acceptors (Lipinski definition) is 4. The molecule has 5 nitrogen and oxygen atoms in total. The third-order valence-electron chi connectivity index (χ3n) is 3.76. The van der Waals surface area contributed by atoms with Gasteiger partial charge in [0.15, 0.2) is 0 Å². The average Bonchev–Trinajstić information content (AvgIpc) is 2.59. The molecule has 0 aliphatic rings. The third kappa shape index (κ3) is 3.30. The van der Waals surface area contributed by atoms with E-state index < -0.39 is 11.0 Å². The Morgan fingerprint density at radius 2 is 1.70 bits per heavy atom. The molecule has 3 aromatic carbocycles. The van der Waals surface area contributed by atoms with Gasteiger partial charge in [-0.05, 0) is 29.1 Å². The lowest BCUT2D eigenvalue weighted by Gasteiger charge is -2.14. The Kier molecular flexibility index (Phi) is 4.21. The summed E-state index contributed by atoms with van der Waals surface area (Å²) < 4.78 is 0. The lowest BCUT2D eigenvalue weighted by molar-refractivity contribution is -0.384. The van der Waals surface area contributed by atoms with Gasteiger partial charge < -0.3 is 10.4 Å². The smallest absolute Gasteiger partial charge is 0.269 e. The van der Waals surface area contributed by atoms with Crippen LogP contribution in [-0.4, -0.2) is 16.6 Å². The van der Waals surface area contributed by atoms with Gasteiger partial charge in [-0.15, -0.1) is 0 Å². The molecule has 0 amide bonds. The molecule has 116 valence electrons. The fourth-order valence-corrected chi connectivity index (χ4v) is 2.52. The largest absolute Gasteiger partial charge is 0.387 e. The number of non-ortho nitro benzene ring substituents is 1. The number of nitrogens with zero attached hydrogens (tertiary/aromatic N) is 1. The van der Waals surface area contributed by atoms with E-state index in [-0.39, 0.29) is 5.69 Å². The van der Waals surface area contributed by atoms with Crippen molar-refractivity contribution in [3.8, 4) is 0 Å². The zero-order chi connectivity index (χ0) is 16.2. The van der Waals surface area contributed by atoms with Crippen LogP contribution in [0, 0.1) is 10.1 Å². The van der Waals surface area contributed by atoms with Crippen LogP contribution in [0.1, 0.15) is 11.7 Å². The van der Waals surface area contributed by atoms with Crippen LogP contribution in [0.4, 0.5) is 11.4 Å². The molecule has 5 heteroatoms. The van der Waals surface area contributed by atoms with Gasteiger partial charge in [0, 0.05) is 29.8 Å². The summed E-state index contributed by atoms with van der Waals surface area (Å²) in [6.07, 6.45) is -0.741. The Morgan fingerprint density at radius 1 is 1.00 bits per heavy atom. The lowest BCUT2D eigenvalue weighted by Crippen LogP contribution is -2.12. The first-order valence-corrected chi connectivity index (χ1v) is 7.29. The summed E-state index contributed by atoms with van der Waals surface area (Å²) in [5.41, 5.74) is 1.61. The average molecular weight is 308 g/mol. The number of aliphatic hydroxyl groups is 1. The summed E-state index contributed by atoms with van der Waals surface area (Å²) in [5, 5.41) is 26.4. The van der Waals surface area contributed by atoms with Crippen LogP contribution in [0.5, 0.6) is 0 Å². The number of fused-ring (bicyclic) bond motifs is 1. The number of nitro groups is 1. The van der Waals surface area contributed by atoms with Crippen molar-refractivity contribution in [2.75, 3.05) is 11.9 Å². The Bertz CT molecular complexity index is 826. The normalized spacial score (nSPS) is 12.0. The number of anilines is 1. The summed E-state index contributed by atoms with van der Waals surface area (Å²) in [6, 6.07) is 19.9. The zero-order valence-electron chi connectivity index (χ0n) is 12.3. The van der Waals surface area contributed by atoms with Crippen LogP contribution in [-0.2, 0) is 0 Å². The maximum Gasteiger partial charge on any atom is 0.269 e. The minimum Gasteiger partial charge on any atom is -0.387 e. The summed E-state index contributed by atoms with van der Waals surface area (Å²) in [5.74, 6) is 0. The first-order valence-electron chi connectivity index (χ1n) is 7.29. The first-order chi connectivity index (χ1) is 11.1. The molecule has 2 N–H and O–H groups in total. The Balaban J connectivity index is 1.73. The molecule has 0 saturated heterocycles. The predicted molar refractivity (Wildman–Crippen MR) is 90.5 cm³/mol. The van der Waals surface area contributed by atoms with E-state index >= 15 is 0 Å². The summed E-state index contributed by atoms with van der Waals surface area (Å²) >= 11 is 0. The highest BCUT2D eigenvalue weighted by Gasteiger charge is 2.11. The zero-order valence-corrected chi connectivity index (χ0v) is 12.3. The number of nitrogens with one attached hydrogen (secondary N) is 1. The van der Waals surface area contributed by atoms with Gasteiger partial charge in [-0.25, -0.2) is 0 Å². The molecule has 0 aliphatic heterocycles. The second-order valence-corrected chi connectivity index (χ2v) is 5.27. The van der Waals surface area contributed by atoms with Gasteiger partial charge >= 0.3 is 0 Å². The molecule has 23 heavy (non-hydrogen) atoms. The van der Waals surface area contributed by atoms with E-state index in [9.17, 15) is 15.2 Å². The Morgan fingerprint density at radius 3 is 2.43 bits per heavy atom. The van der Waals surface area contributed by atoms with E-state index in [4.69, 9.17) is 0 Å². The molecule has 1 unspecified atom stereocenters. The number of benzene rings is 3. The van der Waals surface area contributed by atoms with Gasteiger partial charge in [0.2, 0.25) is 0 Å². The first kappa shape index (κ1) is 15.0. The van der Waals surface area contributed by atoms with Crippen molar-refractivity contribution in [1.29, 1.82) is 0 Å². The molecule has 0 spiro atoms. The van der Waals surface area contributed by atoms with Crippen LogP contribution in [0.15, 0.2) is 66.7 Å². The van der Waals surface area contributed by atoms with Crippen molar-refractivity contribution in [2.45, 2.75) is 6.10 Å². The molecule has 1 atom stereocenters. The van der Waals surface area contributed by atoms with Crippen LogP contribution >= 0.6 is 0 Å². The number of hydrogen-bond donors (Lipinski definition) is 2. The molecule has 3 rings (SSSR count). The van der Waals surface area contributed by atoms with Crippen molar-refractivity contribution < 1.29 is 10.0 Å². The molecular formula is C18H16N2O3. The van der Waals surface area contributed by atoms with Crippen molar-refractivity contribution in [2.24, 2.45) is 0 Å². The molecule has 0 saturated carbocycles. The lowest BCUT2D eigenvalue weighted by atomic mass is 10.1. The monoisotopic (exact) mass is 308 g/mol. The quantitative estimate of drug-likeness (QED) is 0.554. The van der Waals surface area contributed by atoms with Crippen molar-refractivity contribution in [1.82, 2.24) is 0 Å². The molecule has 0 bridgehead atoms. The summed E-state index contributed by atoms with van der Waals surface area (Å²) in [6.45, 7) is 0.325. The standard InChI is InChI=1S/C18H16N2O3/c21-18(14-8-10-15(11-9-14)20(22)23)12-19-17-7-3-5-13-4-1-2-6-16(13)17/h1-11,18-19,21H,12H2. The highest BCUT2D eigenvalue weighted by molar-refractivity contribution is 5.93. The molecule has 0 heterocycles. The second-order valence-electron chi connectivity index (χ2n) is 5.27. The van der Waals surface area contributed by atoms with Gasteiger partial charge in [0.25, 0.3) is 5.69 Å². The molecule has 0 radical (unpaired) electrons. The van der Waals surface area contributed by atoms with Crippen LogP contribution < -0.4 is 5.32 Å². The van der Waals surface area contributed by atoms with E-state index in [2.05, 4.69) is 5.32 Å². The second kappa shape index (κ2) is 6.46. The highest BCUT2D eigenvalue weighted by Crippen LogP contribution is 2.24. The van der Waals surface area contributed by atoms with E-state index in [0.29, 0.717) is 12.1 Å². The number of rotatable bonds is 5. The number of nitro benzene ring substituents is 1. The van der Waals surface area contributed by atoms with Crippen LogP contribution in [0.3, 0.4) is 0 Å². The maximum atomic E-state index is 10.6. The Labute approximate surface area is 133 Å².